The second kappa shape index (κ2) is 14.5. The van der Waals surface area contributed by atoms with Crippen LogP contribution in [0.25, 0.3) is 124 Å². The summed E-state index contributed by atoms with van der Waals surface area (Å²) in [4.78, 5) is 10.5. The van der Waals surface area contributed by atoms with Gasteiger partial charge in [-0.25, -0.2) is 9.97 Å². The van der Waals surface area contributed by atoms with Crippen molar-refractivity contribution in [1.29, 1.82) is 0 Å². The molecule has 294 valence electrons. The second-order valence-corrected chi connectivity index (χ2v) is 18.3. The van der Waals surface area contributed by atoms with E-state index in [0.717, 1.165) is 39.3 Å². The summed E-state index contributed by atoms with van der Waals surface area (Å²) in [7, 11) is 0. The summed E-state index contributed by atoms with van der Waals surface area (Å²) < 4.78 is 7.61. The van der Waals surface area contributed by atoms with E-state index in [4.69, 9.17) is 9.97 Å². The fraction of sp³-hybridized carbons (Fsp3) is 0. The van der Waals surface area contributed by atoms with E-state index in [9.17, 15) is 0 Å². The summed E-state index contributed by atoms with van der Waals surface area (Å²) in [5, 5.41) is 7.72. The van der Waals surface area contributed by atoms with E-state index in [1.807, 2.05) is 22.7 Å². The number of para-hydroxylation sites is 2. The molecular formula is C58H35N3S2. The third-order valence-electron chi connectivity index (χ3n) is 12.5. The fourth-order valence-electron chi connectivity index (χ4n) is 9.31. The number of hydrogen-bond acceptors (Lipinski definition) is 4. The first-order valence-electron chi connectivity index (χ1n) is 21.2. The van der Waals surface area contributed by atoms with Gasteiger partial charge in [-0.3, -0.25) is 0 Å². The molecule has 0 saturated carbocycles. The standard InChI is InChI=1S/C58H35N3S2/c1-5-13-52-44(9-1)45-10-2-6-14-53(45)61(52)43-29-25-39(26-30-43)51-35-50(38-21-17-36(18-22-38)41-27-31-56-48(33-41)46-11-3-7-15-54(46)62-56)59-58(60-51)40-23-19-37(20-24-40)42-28-32-57-49(34-42)47-12-4-8-16-55(47)63-57/h1-35H. The Morgan fingerprint density at radius 3 is 1.17 bits per heavy atom. The minimum atomic E-state index is 0.693. The van der Waals surface area contributed by atoms with E-state index in [-0.39, 0.29) is 0 Å². The SMILES string of the molecule is c1ccc2c(c1)sc1ccc(-c3ccc(-c4cc(-c5ccc(-n6c7ccccc7c7ccccc76)cc5)nc(-c5ccc(-c6ccc7sc8ccccc8c7c6)cc5)n4)cc3)cc12. The Balaban J connectivity index is 0.893. The molecule has 0 unspecified atom stereocenters. The van der Waals surface area contributed by atoms with Crippen LogP contribution in [-0.2, 0) is 0 Å². The zero-order valence-electron chi connectivity index (χ0n) is 33.9. The van der Waals surface area contributed by atoms with Crippen molar-refractivity contribution in [2.45, 2.75) is 0 Å². The van der Waals surface area contributed by atoms with Crippen molar-refractivity contribution in [3.05, 3.63) is 212 Å². The molecular weight excluding hydrogens is 803 g/mol. The summed E-state index contributed by atoms with van der Waals surface area (Å²) in [6.45, 7) is 0. The molecule has 13 rings (SSSR count). The van der Waals surface area contributed by atoms with Crippen LogP contribution in [0.4, 0.5) is 0 Å². The highest BCUT2D eigenvalue weighted by molar-refractivity contribution is 7.26. The molecule has 0 N–H and O–H groups in total. The third kappa shape index (κ3) is 6.08. The Morgan fingerprint density at radius 2 is 0.667 bits per heavy atom. The molecule has 0 spiro atoms. The molecule has 0 fully saturated rings. The van der Waals surface area contributed by atoms with Crippen LogP contribution in [0.1, 0.15) is 0 Å². The van der Waals surface area contributed by atoms with Crippen LogP contribution in [0.5, 0.6) is 0 Å². The lowest BCUT2D eigenvalue weighted by molar-refractivity contribution is 1.17. The maximum absolute atomic E-state index is 5.26. The Bertz CT molecular complexity index is 3660. The minimum Gasteiger partial charge on any atom is -0.309 e. The molecule has 63 heavy (non-hydrogen) atoms. The Hall–Kier alpha value is -7.70. The van der Waals surface area contributed by atoms with Gasteiger partial charge in [0.15, 0.2) is 5.82 Å². The Labute approximate surface area is 371 Å². The first-order valence-corrected chi connectivity index (χ1v) is 22.8. The average Bonchev–Trinajstić information content (AvgIpc) is 4.03. The molecule has 0 radical (unpaired) electrons. The van der Waals surface area contributed by atoms with E-state index in [1.54, 1.807) is 0 Å². The van der Waals surface area contributed by atoms with Crippen LogP contribution >= 0.6 is 22.7 Å². The van der Waals surface area contributed by atoms with Gasteiger partial charge in [-0.15, -0.1) is 22.7 Å². The molecule has 0 amide bonds. The lowest BCUT2D eigenvalue weighted by Gasteiger charge is -2.12. The number of fused-ring (bicyclic) bond motifs is 9. The molecule has 4 aromatic heterocycles. The van der Waals surface area contributed by atoms with Crippen molar-refractivity contribution in [3.63, 3.8) is 0 Å². The summed E-state index contributed by atoms with van der Waals surface area (Å²) in [5.41, 5.74) is 13.0. The van der Waals surface area contributed by atoms with Gasteiger partial charge in [0.05, 0.1) is 22.4 Å². The molecule has 0 aliphatic carbocycles. The van der Waals surface area contributed by atoms with Crippen LogP contribution in [-0.4, -0.2) is 14.5 Å². The molecule has 13 aromatic rings. The molecule has 5 heteroatoms. The van der Waals surface area contributed by atoms with Crippen molar-refractivity contribution in [2.75, 3.05) is 0 Å². The van der Waals surface area contributed by atoms with Gasteiger partial charge in [-0.1, -0.05) is 146 Å². The Kier molecular flexibility index (Phi) is 8.26. The summed E-state index contributed by atoms with van der Waals surface area (Å²) >= 11 is 3.70. The van der Waals surface area contributed by atoms with Gasteiger partial charge < -0.3 is 4.57 Å². The molecule has 9 aromatic carbocycles. The van der Waals surface area contributed by atoms with Crippen LogP contribution in [0, 0.1) is 0 Å². The number of benzene rings is 9. The number of thiophene rings is 2. The maximum atomic E-state index is 5.26. The van der Waals surface area contributed by atoms with Crippen LogP contribution in [0.3, 0.4) is 0 Å². The highest BCUT2D eigenvalue weighted by atomic mass is 32.1. The molecule has 0 aliphatic heterocycles. The Morgan fingerprint density at radius 1 is 0.286 bits per heavy atom. The lowest BCUT2D eigenvalue weighted by Crippen LogP contribution is -1.97. The number of nitrogens with zero attached hydrogens (tertiary/aromatic N) is 3. The highest BCUT2D eigenvalue weighted by Gasteiger charge is 2.15. The topological polar surface area (TPSA) is 30.7 Å². The van der Waals surface area contributed by atoms with Crippen molar-refractivity contribution in [3.8, 4) is 61.8 Å². The summed E-state index contributed by atoms with van der Waals surface area (Å²) in [6, 6.07) is 76.7. The normalized spacial score (nSPS) is 11.8. The molecule has 0 bridgehead atoms. The molecule has 0 aliphatic rings. The van der Waals surface area contributed by atoms with Gasteiger partial charge in [0.2, 0.25) is 0 Å². The van der Waals surface area contributed by atoms with E-state index in [2.05, 4.69) is 217 Å². The summed E-state index contributed by atoms with van der Waals surface area (Å²) in [6.07, 6.45) is 0. The van der Waals surface area contributed by atoms with Crippen molar-refractivity contribution < 1.29 is 0 Å². The predicted molar refractivity (Wildman–Crippen MR) is 269 cm³/mol. The second-order valence-electron chi connectivity index (χ2n) is 16.2. The average molecular weight is 838 g/mol. The zero-order chi connectivity index (χ0) is 41.4. The molecule has 3 nitrogen and oxygen atoms in total. The number of hydrogen-bond donors (Lipinski definition) is 0. The van der Waals surface area contributed by atoms with E-state index in [1.165, 1.54) is 78.8 Å². The van der Waals surface area contributed by atoms with Crippen LogP contribution in [0.15, 0.2) is 212 Å². The lowest BCUT2D eigenvalue weighted by atomic mass is 9.99. The van der Waals surface area contributed by atoms with E-state index >= 15 is 0 Å². The van der Waals surface area contributed by atoms with Gasteiger partial charge in [0.1, 0.15) is 0 Å². The molecule has 4 heterocycles. The van der Waals surface area contributed by atoms with Gasteiger partial charge >= 0.3 is 0 Å². The number of aromatic nitrogens is 3. The zero-order valence-corrected chi connectivity index (χ0v) is 35.5. The number of rotatable bonds is 6. The molecule has 0 atom stereocenters. The third-order valence-corrected chi connectivity index (χ3v) is 14.8. The first kappa shape index (κ1) is 36.0. The van der Waals surface area contributed by atoms with Crippen molar-refractivity contribution in [2.24, 2.45) is 0 Å². The van der Waals surface area contributed by atoms with Crippen LogP contribution < -0.4 is 0 Å². The monoisotopic (exact) mass is 837 g/mol. The van der Waals surface area contributed by atoms with E-state index < -0.39 is 0 Å². The maximum Gasteiger partial charge on any atom is 0.160 e. The fourth-order valence-corrected chi connectivity index (χ4v) is 11.5. The van der Waals surface area contributed by atoms with Crippen molar-refractivity contribution >= 4 is 84.8 Å². The van der Waals surface area contributed by atoms with Gasteiger partial charge in [0.25, 0.3) is 0 Å². The van der Waals surface area contributed by atoms with E-state index in [0.29, 0.717) is 5.82 Å². The van der Waals surface area contributed by atoms with Gasteiger partial charge in [0, 0.05) is 73.5 Å². The largest absolute Gasteiger partial charge is 0.309 e. The smallest absolute Gasteiger partial charge is 0.160 e. The quantitative estimate of drug-likeness (QED) is 0.167. The first-order chi connectivity index (χ1) is 31.2. The van der Waals surface area contributed by atoms with Crippen LogP contribution in [0.2, 0.25) is 0 Å². The minimum absolute atomic E-state index is 0.693. The van der Waals surface area contributed by atoms with Gasteiger partial charge in [-0.05, 0) is 89.0 Å². The highest BCUT2D eigenvalue weighted by Crippen LogP contribution is 2.39. The summed E-state index contributed by atoms with van der Waals surface area (Å²) in [5.74, 6) is 0.693. The van der Waals surface area contributed by atoms with Crippen molar-refractivity contribution in [1.82, 2.24) is 14.5 Å². The van der Waals surface area contributed by atoms with Gasteiger partial charge in [-0.2, -0.15) is 0 Å². The molecule has 0 saturated heterocycles. The predicted octanol–water partition coefficient (Wildman–Crippen LogP) is 16.6.